The monoisotopic (exact) mass is 933 g/mol. The number of nitrogens with two attached hydrogens (primary N) is 1. The average molecular weight is 934 g/mol. The van der Waals surface area contributed by atoms with Gasteiger partial charge in [0.25, 0.3) is 0 Å². The molecule has 67 heavy (non-hydrogen) atoms. The number of aliphatic hydroxyl groups excluding tert-OH is 1. The number of hydrogen-bond acceptors (Lipinski definition) is 11. The molecular weight excluding hydrogens is 889 g/mol. The summed E-state index contributed by atoms with van der Waals surface area (Å²) in [5.74, 6) is -2.15. The molecule has 2 atom stereocenters. The largest absolute Gasteiger partial charge is 0.494 e. The molecule has 5 aromatic carbocycles. The van der Waals surface area contributed by atoms with Crippen molar-refractivity contribution >= 4 is 41.3 Å². The molecule has 2 unspecified atom stereocenters. The lowest BCUT2D eigenvalue weighted by molar-refractivity contribution is -0.138. The van der Waals surface area contributed by atoms with Crippen LogP contribution in [0.25, 0.3) is 12.2 Å². The maximum absolute atomic E-state index is 13.7. The molecule has 5 aromatic rings. The van der Waals surface area contributed by atoms with Crippen molar-refractivity contribution in [2.45, 2.75) is 62.6 Å². The standard InChI is InChI=1S/C50H45F6NO10/c51-49(52,53)27-1-29-64-39-17-21-41(22-18-39)66-46(61)36-11-3-33(4-12-36)9-25-43(58)44(59)32-48(63,31-35-7-15-38(57)16-8-35)45(60)26-10-34-5-13-37(14-6-34)47(62)67-42-23-19-40(20-24-42)65-30-2-28-50(54,55)56/h3-26,44,59,63H,1-2,27-32,57H2/b25-9+,26-10+. The van der Waals surface area contributed by atoms with Crippen LogP contribution >= 0.6 is 0 Å². The van der Waals surface area contributed by atoms with Gasteiger partial charge < -0.3 is 34.9 Å². The second kappa shape index (κ2) is 23.3. The molecule has 0 radical (unpaired) electrons. The SMILES string of the molecule is Nc1ccc(CC(O)(CC(O)C(=O)/C=C/c2ccc(C(=O)Oc3ccc(OCCCC(F)(F)F)cc3)cc2)C(=O)/C=C/c2ccc(C(=O)Oc3ccc(OCCCC(F)(F)F)cc3)cc2)cc1. The minimum Gasteiger partial charge on any atom is -0.494 e. The van der Waals surface area contributed by atoms with Crippen molar-refractivity contribution in [2.75, 3.05) is 18.9 Å². The Balaban J connectivity index is 1.15. The van der Waals surface area contributed by atoms with Crippen LogP contribution in [0.3, 0.4) is 0 Å². The summed E-state index contributed by atoms with van der Waals surface area (Å²) < 4.78 is 95.3. The van der Waals surface area contributed by atoms with Crippen molar-refractivity contribution in [3.05, 3.63) is 161 Å². The summed E-state index contributed by atoms with van der Waals surface area (Å²) in [5.41, 5.74) is 5.68. The summed E-state index contributed by atoms with van der Waals surface area (Å²) in [5, 5.41) is 22.7. The number of ketones is 2. The molecule has 0 fully saturated rings. The van der Waals surface area contributed by atoms with Crippen LogP contribution in [0.15, 0.2) is 133 Å². The number of anilines is 1. The molecule has 0 aliphatic carbocycles. The fourth-order valence-electron chi connectivity index (χ4n) is 6.20. The highest BCUT2D eigenvalue weighted by molar-refractivity contribution is 6.02. The first-order chi connectivity index (χ1) is 31.7. The van der Waals surface area contributed by atoms with Gasteiger partial charge in [0.05, 0.1) is 24.3 Å². The number of esters is 2. The fourth-order valence-corrected chi connectivity index (χ4v) is 6.20. The Kier molecular flexibility index (Phi) is 17.6. The van der Waals surface area contributed by atoms with Crippen LogP contribution in [0, 0.1) is 0 Å². The number of rotatable bonds is 22. The fraction of sp³-hybridized carbons (Fsp3) is 0.240. The molecule has 0 heterocycles. The van der Waals surface area contributed by atoms with Crippen LogP contribution in [0.1, 0.15) is 69.5 Å². The molecule has 0 amide bonds. The van der Waals surface area contributed by atoms with Gasteiger partial charge in [-0.1, -0.05) is 48.6 Å². The smallest absolute Gasteiger partial charge is 0.389 e. The lowest BCUT2D eigenvalue weighted by Crippen LogP contribution is -2.44. The van der Waals surface area contributed by atoms with Gasteiger partial charge in [-0.15, -0.1) is 0 Å². The molecule has 352 valence electrons. The van der Waals surface area contributed by atoms with Crippen molar-refractivity contribution in [3.8, 4) is 23.0 Å². The van der Waals surface area contributed by atoms with E-state index in [-0.39, 0.29) is 55.1 Å². The number of benzene rings is 5. The Morgan fingerprint density at radius 1 is 0.567 bits per heavy atom. The van der Waals surface area contributed by atoms with Gasteiger partial charge in [-0.3, -0.25) is 9.59 Å². The highest BCUT2D eigenvalue weighted by atomic mass is 19.4. The molecule has 11 nitrogen and oxygen atoms in total. The lowest BCUT2D eigenvalue weighted by atomic mass is 9.83. The van der Waals surface area contributed by atoms with Gasteiger partial charge in [-0.05, 0) is 127 Å². The Hall–Kier alpha value is -7.24. The van der Waals surface area contributed by atoms with Crippen LogP contribution in [-0.4, -0.2) is 71.0 Å². The average Bonchev–Trinajstić information content (AvgIpc) is 3.29. The minimum atomic E-state index is -4.27. The molecule has 17 heteroatoms. The van der Waals surface area contributed by atoms with Gasteiger partial charge in [-0.2, -0.15) is 26.3 Å². The zero-order valence-electron chi connectivity index (χ0n) is 35.6. The number of carbonyl (C=O) groups is 4. The first-order valence-corrected chi connectivity index (χ1v) is 20.7. The minimum absolute atomic E-state index is 0.137. The van der Waals surface area contributed by atoms with Crippen molar-refractivity contribution in [1.29, 1.82) is 0 Å². The number of nitrogen functional groups attached to an aromatic ring is 1. The zero-order chi connectivity index (χ0) is 48.6. The Morgan fingerprint density at radius 3 is 1.39 bits per heavy atom. The predicted octanol–water partition coefficient (Wildman–Crippen LogP) is 9.74. The third-order valence-corrected chi connectivity index (χ3v) is 9.77. The zero-order valence-corrected chi connectivity index (χ0v) is 35.6. The summed E-state index contributed by atoms with van der Waals surface area (Å²) in [7, 11) is 0. The second-order valence-corrected chi connectivity index (χ2v) is 15.2. The number of halogens is 6. The van der Waals surface area contributed by atoms with Crippen LogP contribution in [0.5, 0.6) is 23.0 Å². The van der Waals surface area contributed by atoms with Gasteiger partial charge in [0.15, 0.2) is 11.6 Å². The van der Waals surface area contributed by atoms with Crippen LogP contribution in [0.2, 0.25) is 0 Å². The van der Waals surface area contributed by atoms with Gasteiger partial charge in [0, 0.05) is 31.4 Å². The summed E-state index contributed by atoms with van der Waals surface area (Å²) in [6.07, 6.45) is -8.78. The molecule has 0 saturated carbocycles. The normalized spacial score (nSPS) is 13.2. The van der Waals surface area contributed by atoms with Gasteiger partial charge in [-0.25, -0.2) is 9.59 Å². The van der Waals surface area contributed by atoms with E-state index in [0.29, 0.717) is 33.9 Å². The third kappa shape index (κ3) is 17.2. The first kappa shape index (κ1) is 50.8. The molecule has 5 rings (SSSR count). The highest BCUT2D eigenvalue weighted by Crippen LogP contribution is 2.27. The summed E-state index contributed by atoms with van der Waals surface area (Å²) >= 11 is 0. The van der Waals surface area contributed by atoms with Gasteiger partial charge in [0.1, 0.15) is 34.7 Å². The van der Waals surface area contributed by atoms with Crippen LogP contribution in [0.4, 0.5) is 32.0 Å². The van der Waals surface area contributed by atoms with E-state index in [1.807, 2.05) is 0 Å². The molecule has 0 bridgehead atoms. The number of alkyl halides is 6. The summed E-state index contributed by atoms with van der Waals surface area (Å²) in [6.45, 7) is -0.275. The van der Waals surface area contributed by atoms with Crippen molar-refractivity contribution in [1.82, 2.24) is 0 Å². The second-order valence-electron chi connectivity index (χ2n) is 15.2. The van der Waals surface area contributed by atoms with Crippen LogP contribution < -0.4 is 24.7 Å². The predicted molar refractivity (Wildman–Crippen MR) is 235 cm³/mol. The Labute approximate surface area is 381 Å². The lowest BCUT2D eigenvalue weighted by Gasteiger charge is -2.27. The highest BCUT2D eigenvalue weighted by Gasteiger charge is 2.38. The van der Waals surface area contributed by atoms with Crippen molar-refractivity contribution in [3.63, 3.8) is 0 Å². The number of carbonyl (C=O) groups excluding carboxylic acids is 4. The molecule has 4 N–H and O–H groups in total. The first-order valence-electron chi connectivity index (χ1n) is 20.7. The quantitative estimate of drug-likeness (QED) is 0.0151. The maximum Gasteiger partial charge on any atom is 0.389 e. The number of hydrogen-bond donors (Lipinski definition) is 3. The van der Waals surface area contributed by atoms with Gasteiger partial charge >= 0.3 is 24.3 Å². The van der Waals surface area contributed by atoms with E-state index in [0.717, 1.165) is 12.2 Å². The maximum atomic E-state index is 13.7. The molecule has 0 aliphatic heterocycles. The molecule has 0 aliphatic rings. The number of aliphatic hydroxyl groups is 2. The number of ether oxygens (including phenoxy) is 4. The van der Waals surface area contributed by atoms with Crippen molar-refractivity contribution < 1.29 is 74.7 Å². The van der Waals surface area contributed by atoms with E-state index < -0.39 is 66.8 Å². The molecule has 0 aromatic heterocycles. The Bertz CT molecular complexity index is 2490. The van der Waals surface area contributed by atoms with Gasteiger partial charge in [0.2, 0.25) is 0 Å². The van der Waals surface area contributed by atoms with Crippen molar-refractivity contribution in [2.24, 2.45) is 0 Å². The molecule has 0 spiro atoms. The van der Waals surface area contributed by atoms with E-state index in [9.17, 15) is 55.7 Å². The Morgan fingerprint density at radius 2 is 0.970 bits per heavy atom. The summed E-state index contributed by atoms with van der Waals surface area (Å²) in [6, 6.07) is 29.7. The topological polar surface area (TPSA) is 172 Å². The van der Waals surface area contributed by atoms with E-state index in [4.69, 9.17) is 24.7 Å². The van der Waals surface area contributed by atoms with Crippen LogP contribution in [-0.2, 0) is 16.0 Å². The third-order valence-electron chi connectivity index (χ3n) is 9.77. The van der Waals surface area contributed by atoms with E-state index in [1.165, 1.54) is 109 Å². The molecular formula is C50H45F6NO10. The summed E-state index contributed by atoms with van der Waals surface area (Å²) in [4.78, 5) is 52.2. The molecule has 0 saturated heterocycles. The van der Waals surface area contributed by atoms with E-state index >= 15 is 0 Å². The van der Waals surface area contributed by atoms with E-state index in [1.54, 1.807) is 24.3 Å². The van der Waals surface area contributed by atoms with E-state index in [2.05, 4.69) is 0 Å².